The van der Waals surface area contributed by atoms with Gasteiger partial charge >= 0.3 is 12.2 Å². The number of alkyl carbamates (subject to hydrolysis) is 1. The van der Waals surface area contributed by atoms with Gasteiger partial charge in [0.15, 0.2) is 0 Å². The number of aromatic nitrogens is 2. The normalized spacial score (nSPS) is 12.5. The van der Waals surface area contributed by atoms with Crippen LogP contribution in [0, 0.1) is 5.82 Å². The van der Waals surface area contributed by atoms with Gasteiger partial charge in [-0.1, -0.05) is 29.8 Å². The first-order chi connectivity index (χ1) is 22.3. The molecule has 3 aromatic rings. The van der Waals surface area contributed by atoms with Gasteiger partial charge in [-0.05, 0) is 63.8 Å². The van der Waals surface area contributed by atoms with Crippen molar-refractivity contribution < 1.29 is 38.1 Å². The van der Waals surface area contributed by atoms with Gasteiger partial charge in [0.1, 0.15) is 29.9 Å². The first kappa shape index (κ1) is 36.9. The Hall–Kier alpha value is -4.56. The average molecular weight is 675 g/mol. The van der Waals surface area contributed by atoms with Crippen LogP contribution in [0.25, 0.3) is 10.9 Å². The molecule has 0 fully saturated rings. The molecule has 47 heavy (non-hydrogen) atoms. The van der Waals surface area contributed by atoms with Gasteiger partial charge in [-0.3, -0.25) is 19.9 Å². The number of aliphatic hydroxyl groups is 1. The largest absolute Gasteiger partial charge is 0.447 e. The predicted octanol–water partition coefficient (Wildman–Crippen LogP) is 4.21. The molecule has 0 spiro atoms. The second kappa shape index (κ2) is 17.4. The van der Waals surface area contributed by atoms with Gasteiger partial charge in [-0.2, -0.15) is 0 Å². The van der Waals surface area contributed by atoms with Crippen LogP contribution in [0.3, 0.4) is 0 Å². The molecule has 4 amide bonds. The monoisotopic (exact) mass is 674 g/mol. The van der Waals surface area contributed by atoms with Crippen LogP contribution in [-0.4, -0.2) is 88.5 Å². The molecule has 13 nitrogen and oxygen atoms in total. The number of rotatable bonds is 14. The lowest BCUT2D eigenvalue weighted by atomic mass is 10.1. The van der Waals surface area contributed by atoms with Gasteiger partial charge in [0.25, 0.3) is 0 Å². The third kappa shape index (κ3) is 12.0. The van der Waals surface area contributed by atoms with E-state index in [4.69, 9.17) is 21.1 Å². The number of pyridine rings is 2. The maximum Gasteiger partial charge on any atom is 0.412 e. The van der Waals surface area contributed by atoms with Crippen molar-refractivity contribution >= 4 is 52.3 Å². The lowest BCUT2D eigenvalue weighted by molar-refractivity contribution is -0.133. The molecule has 3 rings (SSSR count). The number of likely N-dealkylation sites (N-methyl/N-ethyl adjacent to an activating group) is 1. The molecule has 0 saturated carbocycles. The van der Waals surface area contributed by atoms with E-state index in [0.29, 0.717) is 23.9 Å². The number of nitrogens with zero attached hydrogens (tertiary/aromatic N) is 3. The molecular formula is C32H40ClFN6O7. The van der Waals surface area contributed by atoms with Gasteiger partial charge in [-0.25, -0.2) is 19.0 Å². The Bertz CT molecular complexity index is 1550. The SMILES string of the molecule is CN(C(=O)CCc1cccc(F)c1Cl)[C@@H](CCCNC(=O)[C@H](CO)NC(=O)OC(C)(C)C)COC(=O)Nc1cc2cccnc2cn1. The van der Waals surface area contributed by atoms with E-state index in [1.54, 1.807) is 52.2 Å². The smallest absolute Gasteiger partial charge is 0.412 e. The summed E-state index contributed by atoms with van der Waals surface area (Å²) in [6.45, 7) is 4.30. The lowest BCUT2D eigenvalue weighted by Crippen LogP contribution is -2.50. The maximum atomic E-state index is 13.9. The summed E-state index contributed by atoms with van der Waals surface area (Å²) in [6, 6.07) is 7.78. The van der Waals surface area contributed by atoms with Gasteiger partial charge in [0, 0.05) is 31.6 Å². The van der Waals surface area contributed by atoms with Gasteiger partial charge in [0.2, 0.25) is 11.8 Å². The second-order valence-electron chi connectivity index (χ2n) is 11.7. The number of halogens is 2. The van der Waals surface area contributed by atoms with Crippen molar-refractivity contribution in [3.8, 4) is 0 Å². The van der Waals surface area contributed by atoms with Crippen molar-refractivity contribution in [2.45, 2.75) is 64.1 Å². The Balaban J connectivity index is 1.59. The number of ether oxygens (including phenoxy) is 2. The molecule has 254 valence electrons. The molecule has 0 unspecified atom stereocenters. The molecule has 1 aromatic carbocycles. The van der Waals surface area contributed by atoms with Crippen LogP contribution >= 0.6 is 11.6 Å². The molecule has 4 N–H and O–H groups in total. The van der Waals surface area contributed by atoms with E-state index < -0.39 is 48.2 Å². The summed E-state index contributed by atoms with van der Waals surface area (Å²) >= 11 is 6.05. The lowest BCUT2D eigenvalue weighted by Gasteiger charge is -2.28. The number of aliphatic hydroxyl groups excluding tert-OH is 1. The summed E-state index contributed by atoms with van der Waals surface area (Å²) in [5.41, 5.74) is 0.356. The molecule has 2 heterocycles. The Morgan fingerprint density at radius 2 is 1.87 bits per heavy atom. The van der Waals surface area contributed by atoms with Crippen molar-refractivity contribution in [2.75, 3.05) is 32.1 Å². The number of hydrogen-bond donors (Lipinski definition) is 4. The Morgan fingerprint density at radius 1 is 1.11 bits per heavy atom. The molecular weight excluding hydrogens is 635 g/mol. The van der Waals surface area contributed by atoms with E-state index in [9.17, 15) is 28.7 Å². The zero-order chi connectivity index (χ0) is 34.6. The van der Waals surface area contributed by atoms with Gasteiger partial charge in [0.05, 0.1) is 29.4 Å². The predicted molar refractivity (Wildman–Crippen MR) is 173 cm³/mol. The zero-order valence-corrected chi connectivity index (χ0v) is 27.5. The van der Waals surface area contributed by atoms with Crippen molar-refractivity contribution in [2.24, 2.45) is 0 Å². The number of anilines is 1. The van der Waals surface area contributed by atoms with Gasteiger partial charge in [-0.15, -0.1) is 0 Å². The van der Waals surface area contributed by atoms with E-state index in [2.05, 4.69) is 25.9 Å². The standard InChI is InChI=1S/C32H40ClFN6O7/c1-32(2,3)47-31(45)38-25(18-41)29(43)36-15-7-10-22(40(4)27(42)13-12-20-8-5-11-23(34)28(20)33)19-46-30(44)39-26-16-21-9-6-14-35-24(21)17-37-26/h5-6,8-9,11,14,16-17,22,25,41H,7,10,12-13,15,18-19H2,1-4H3,(H,36,43)(H,38,45)(H,37,39,44)/t22-,25-/m0/s1. The average Bonchev–Trinajstić information content (AvgIpc) is 3.02. The maximum absolute atomic E-state index is 13.9. The third-order valence-electron chi connectivity index (χ3n) is 6.91. The first-order valence-corrected chi connectivity index (χ1v) is 15.4. The fourth-order valence-corrected chi connectivity index (χ4v) is 4.64. The van der Waals surface area contributed by atoms with Crippen molar-refractivity contribution in [1.82, 2.24) is 25.5 Å². The number of fused-ring (bicyclic) bond motifs is 1. The number of carbonyl (C=O) groups excluding carboxylic acids is 4. The molecule has 0 aliphatic heterocycles. The number of hydrogen-bond acceptors (Lipinski definition) is 9. The topological polar surface area (TPSA) is 172 Å². The Labute approximate surface area is 277 Å². The summed E-state index contributed by atoms with van der Waals surface area (Å²) in [7, 11) is 1.56. The minimum Gasteiger partial charge on any atom is -0.447 e. The first-order valence-electron chi connectivity index (χ1n) is 15.0. The Morgan fingerprint density at radius 3 is 2.60 bits per heavy atom. The zero-order valence-electron chi connectivity index (χ0n) is 26.7. The highest BCUT2D eigenvalue weighted by molar-refractivity contribution is 6.31. The minimum atomic E-state index is -1.23. The molecule has 0 aliphatic carbocycles. The summed E-state index contributed by atoms with van der Waals surface area (Å²) in [5, 5.41) is 17.9. The number of benzene rings is 1. The summed E-state index contributed by atoms with van der Waals surface area (Å²) in [5.74, 6) is -1.25. The summed E-state index contributed by atoms with van der Waals surface area (Å²) in [6.07, 6.45) is 2.38. The number of carbonyl (C=O) groups is 4. The fourth-order valence-electron chi connectivity index (χ4n) is 4.42. The third-order valence-corrected chi connectivity index (χ3v) is 7.33. The second-order valence-corrected chi connectivity index (χ2v) is 12.1. The molecule has 0 radical (unpaired) electrons. The number of amides is 4. The van der Waals surface area contributed by atoms with Crippen molar-refractivity contribution in [3.05, 3.63) is 65.2 Å². The van der Waals surface area contributed by atoms with E-state index in [0.717, 1.165) is 5.39 Å². The Kier molecular flexibility index (Phi) is 13.6. The van der Waals surface area contributed by atoms with E-state index >= 15 is 0 Å². The van der Waals surface area contributed by atoms with Crippen molar-refractivity contribution in [1.29, 1.82) is 0 Å². The minimum absolute atomic E-state index is 0.0165. The molecule has 15 heteroatoms. The van der Waals surface area contributed by atoms with Crippen LogP contribution in [0.4, 0.5) is 19.8 Å². The van der Waals surface area contributed by atoms with Crippen LogP contribution in [-0.2, 0) is 25.5 Å². The van der Waals surface area contributed by atoms with Crippen LogP contribution in [0.15, 0.2) is 48.8 Å². The van der Waals surface area contributed by atoms with Crippen LogP contribution in [0.5, 0.6) is 0 Å². The molecule has 0 saturated heterocycles. The number of aryl methyl sites for hydroxylation is 1. The highest BCUT2D eigenvalue weighted by atomic mass is 35.5. The quantitative estimate of drug-likeness (QED) is 0.183. The molecule has 0 aliphatic rings. The molecule has 2 aromatic heterocycles. The van der Waals surface area contributed by atoms with Crippen LogP contribution in [0.1, 0.15) is 45.6 Å². The van der Waals surface area contributed by atoms with E-state index in [-0.39, 0.29) is 42.7 Å². The van der Waals surface area contributed by atoms with E-state index in [1.165, 1.54) is 23.2 Å². The molecule has 0 bridgehead atoms. The van der Waals surface area contributed by atoms with E-state index in [1.807, 2.05) is 6.07 Å². The van der Waals surface area contributed by atoms with Crippen LogP contribution < -0.4 is 16.0 Å². The summed E-state index contributed by atoms with van der Waals surface area (Å²) < 4.78 is 24.5. The fraction of sp³-hybridized carbons (Fsp3) is 0.438. The van der Waals surface area contributed by atoms with Crippen molar-refractivity contribution in [3.63, 3.8) is 0 Å². The highest BCUT2D eigenvalue weighted by Crippen LogP contribution is 2.22. The molecule has 2 atom stereocenters. The van der Waals surface area contributed by atoms with Gasteiger partial charge < -0.3 is 30.1 Å². The number of nitrogens with one attached hydrogen (secondary N) is 3. The highest BCUT2D eigenvalue weighted by Gasteiger charge is 2.25. The summed E-state index contributed by atoms with van der Waals surface area (Å²) in [4.78, 5) is 60.2. The van der Waals surface area contributed by atoms with Crippen LogP contribution in [0.2, 0.25) is 5.02 Å².